The van der Waals surface area contributed by atoms with E-state index in [9.17, 15) is 34.0 Å². The predicted molar refractivity (Wildman–Crippen MR) is 268 cm³/mol. The normalized spacial score (nSPS) is 11.0. The van der Waals surface area contributed by atoms with Crippen LogP contribution in [0.5, 0.6) is 23.0 Å². The molecule has 0 bridgehead atoms. The minimum Gasteiger partial charge on any atom is -0.491 e. The molecule has 364 valence electrons. The average molecular weight is 962 g/mol. The number of nitrogens with zero attached hydrogens (tertiary/aromatic N) is 2. The highest BCUT2D eigenvalue weighted by molar-refractivity contribution is 6.11. The van der Waals surface area contributed by atoms with Crippen molar-refractivity contribution in [3.05, 3.63) is 168 Å². The molecule has 0 spiro atoms. The molecule has 1 aromatic heterocycles. The number of carbonyl (C=O) groups excluding carboxylic acids is 6. The average Bonchev–Trinajstić information content (AvgIpc) is 3.37. The number of hydrogen-bond donors (Lipinski definition) is 5. The summed E-state index contributed by atoms with van der Waals surface area (Å²) in [5.74, 6) is -3.86. The smallest absolute Gasteiger partial charge is 0.342 e. The molecule has 0 aliphatic carbocycles. The Balaban J connectivity index is 1.25. The lowest BCUT2D eigenvalue weighted by Gasteiger charge is -2.20. The van der Waals surface area contributed by atoms with Crippen molar-refractivity contribution in [2.75, 3.05) is 55.3 Å². The maximum Gasteiger partial charge on any atom is 0.342 e. The molecule has 0 aliphatic heterocycles. The van der Waals surface area contributed by atoms with Crippen LogP contribution in [0.3, 0.4) is 0 Å². The van der Waals surface area contributed by atoms with Gasteiger partial charge in [-0.2, -0.15) is 5.26 Å². The van der Waals surface area contributed by atoms with Crippen molar-refractivity contribution in [1.82, 2.24) is 10.3 Å². The van der Waals surface area contributed by atoms with Crippen molar-refractivity contribution in [2.45, 2.75) is 26.3 Å². The van der Waals surface area contributed by atoms with Crippen LogP contribution in [0.2, 0.25) is 0 Å². The molecule has 4 aromatic carbocycles. The summed E-state index contributed by atoms with van der Waals surface area (Å²) in [7, 11) is 2.64. The molecule has 71 heavy (non-hydrogen) atoms. The third-order valence-electron chi connectivity index (χ3n) is 10.0. The number of aromatic nitrogens is 1. The van der Waals surface area contributed by atoms with Gasteiger partial charge in [-0.1, -0.05) is 67.8 Å². The number of nitrogens with one attached hydrogen (secondary N) is 5. The van der Waals surface area contributed by atoms with Crippen LogP contribution in [-0.4, -0.2) is 80.6 Å². The summed E-state index contributed by atoms with van der Waals surface area (Å²) < 4.78 is 28.0. The Kier molecular flexibility index (Phi) is 18.9. The molecule has 1 heterocycles. The van der Waals surface area contributed by atoms with E-state index in [0.717, 1.165) is 11.1 Å². The van der Waals surface area contributed by atoms with Gasteiger partial charge in [0.15, 0.2) is 23.0 Å². The number of carbonyl (C=O) groups is 6. The fourth-order valence-electron chi connectivity index (χ4n) is 6.51. The standard InChI is InChI=1S/C53H51N7O11/c1-8-27-69-44-38(50(63)58-40-24-21-39(53(66)71-29-10-3)45(47(40)68-7)70-28-9-2)20-23-41(46(44)67-6)59-51(64)42-22-19-37(31-55-42)57-52(65)43(25-26-54)60-49(62)35-15-17-36(18-16-35)56-48(61)33(5)30-34-13-11-32(4)12-14-34/h8-24,30-31,43H,1-3,25,27-29H2,4-7H3,(H,56,61)(H,57,65)(H,58,63)(H,59,64)(H,60,62)/b33-30+/t43-/m0/s1. The second kappa shape index (κ2) is 25.6. The number of nitriles is 1. The summed E-state index contributed by atoms with van der Waals surface area (Å²) in [5.41, 5.74) is 3.38. The van der Waals surface area contributed by atoms with E-state index < -0.39 is 35.6 Å². The Morgan fingerprint density at radius 1 is 0.662 bits per heavy atom. The van der Waals surface area contributed by atoms with Crippen molar-refractivity contribution in [2.24, 2.45) is 0 Å². The Morgan fingerprint density at radius 3 is 1.80 bits per heavy atom. The highest BCUT2D eigenvalue weighted by Crippen LogP contribution is 2.42. The zero-order valence-corrected chi connectivity index (χ0v) is 39.4. The zero-order valence-electron chi connectivity index (χ0n) is 39.4. The second-order valence-electron chi connectivity index (χ2n) is 15.1. The molecular weight excluding hydrogens is 911 g/mol. The molecule has 0 saturated heterocycles. The molecule has 5 N–H and O–H groups in total. The number of amides is 5. The predicted octanol–water partition coefficient (Wildman–Crippen LogP) is 8.08. The molecule has 0 aliphatic rings. The van der Waals surface area contributed by atoms with E-state index in [2.05, 4.69) is 51.3 Å². The molecular formula is C53H51N7O11. The number of benzene rings is 4. The van der Waals surface area contributed by atoms with E-state index in [1.807, 2.05) is 37.3 Å². The van der Waals surface area contributed by atoms with Gasteiger partial charge in [-0.05, 0) is 86.2 Å². The van der Waals surface area contributed by atoms with Gasteiger partial charge in [0.1, 0.15) is 37.1 Å². The number of hydrogen-bond acceptors (Lipinski definition) is 13. The fourth-order valence-corrected chi connectivity index (χ4v) is 6.51. The molecule has 0 fully saturated rings. The van der Waals surface area contributed by atoms with Crippen molar-refractivity contribution in [1.29, 1.82) is 5.26 Å². The number of methoxy groups -OCH3 is 2. The zero-order chi connectivity index (χ0) is 51.5. The Bertz CT molecular complexity index is 2890. The molecule has 5 amide bonds. The van der Waals surface area contributed by atoms with E-state index in [1.165, 1.54) is 87.2 Å². The van der Waals surface area contributed by atoms with Gasteiger partial charge >= 0.3 is 5.97 Å². The number of ether oxygens (including phenoxy) is 5. The summed E-state index contributed by atoms with van der Waals surface area (Å²) in [6, 6.07) is 22.7. The molecule has 5 aromatic rings. The number of pyridine rings is 1. The van der Waals surface area contributed by atoms with Crippen LogP contribution < -0.4 is 45.5 Å². The summed E-state index contributed by atoms with van der Waals surface area (Å²) >= 11 is 0. The van der Waals surface area contributed by atoms with Crippen molar-refractivity contribution in [3.63, 3.8) is 0 Å². The van der Waals surface area contributed by atoms with Gasteiger partial charge in [-0.15, -0.1) is 0 Å². The molecule has 0 unspecified atom stereocenters. The van der Waals surface area contributed by atoms with Gasteiger partial charge in [0.25, 0.3) is 23.6 Å². The first-order valence-electron chi connectivity index (χ1n) is 21.7. The van der Waals surface area contributed by atoms with E-state index in [0.29, 0.717) is 11.3 Å². The van der Waals surface area contributed by atoms with Crippen LogP contribution in [0.4, 0.5) is 22.7 Å². The van der Waals surface area contributed by atoms with E-state index in [4.69, 9.17) is 23.7 Å². The van der Waals surface area contributed by atoms with E-state index in [-0.39, 0.29) is 94.6 Å². The van der Waals surface area contributed by atoms with Gasteiger partial charge in [0, 0.05) is 16.8 Å². The van der Waals surface area contributed by atoms with Crippen molar-refractivity contribution in [3.8, 4) is 29.1 Å². The first kappa shape index (κ1) is 52.5. The van der Waals surface area contributed by atoms with Gasteiger partial charge < -0.3 is 50.3 Å². The monoisotopic (exact) mass is 961 g/mol. The minimum atomic E-state index is -1.27. The molecule has 18 heteroatoms. The van der Waals surface area contributed by atoms with Crippen molar-refractivity contribution < 1.29 is 52.5 Å². The Labute approximate surface area is 410 Å². The lowest BCUT2D eigenvalue weighted by molar-refractivity contribution is -0.118. The Hall–Kier alpha value is -9.50. The number of aryl methyl sites for hydroxylation is 1. The first-order valence-corrected chi connectivity index (χ1v) is 21.7. The third-order valence-corrected chi connectivity index (χ3v) is 10.0. The summed E-state index contributed by atoms with van der Waals surface area (Å²) in [6.45, 7) is 14.4. The van der Waals surface area contributed by atoms with Crippen LogP contribution in [-0.2, 0) is 14.3 Å². The molecule has 0 radical (unpaired) electrons. The van der Waals surface area contributed by atoms with Crippen LogP contribution >= 0.6 is 0 Å². The van der Waals surface area contributed by atoms with Crippen molar-refractivity contribution >= 4 is 64.3 Å². The molecule has 18 nitrogen and oxygen atoms in total. The van der Waals surface area contributed by atoms with Crippen LogP contribution in [0.25, 0.3) is 6.08 Å². The lowest BCUT2D eigenvalue weighted by atomic mass is 10.1. The number of anilines is 4. The number of rotatable bonds is 23. The van der Waals surface area contributed by atoms with E-state index in [1.54, 1.807) is 25.1 Å². The number of esters is 1. The summed E-state index contributed by atoms with van der Waals surface area (Å²) in [6.07, 6.45) is 6.93. The fraction of sp³-hybridized carbons (Fsp3) is 0.170. The lowest BCUT2D eigenvalue weighted by Crippen LogP contribution is -2.43. The molecule has 0 saturated carbocycles. The second-order valence-corrected chi connectivity index (χ2v) is 15.1. The van der Waals surface area contributed by atoms with Gasteiger partial charge in [0.2, 0.25) is 5.91 Å². The van der Waals surface area contributed by atoms with Gasteiger partial charge in [0.05, 0.1) is 55.5 Å². The third kappa shape index (κ3) is 14.0. The highest BCUT2D eigenvalue weighted by atomic mass is 16.5. The quantitative estimate of drug-likeness (QED) is 0.0236. The maximum atomic E-state index is 13.9. The molecule has 5 rings (SSSR count). The molecule has 1 atom stereocenters. The SMILES string of the molecule is C=CCOC(=O)c1ccc(NC(=O)c2ccc(NC(=O)c3ccc(NC(=O)[C@H](CC#N)NC(=O)c4ccc(NC(=O)/C(C)=C/c5ccc(C)cc5)cc4)cn3)c(OC)c2OCC=C)c(OC)c1OCC=C. The van der Waals surface area contributed by atoms with Crippen LogP contribution in [0.15, 0.2) is 135 Å². The topological polar surface area (TPSA) is 245 Å². The maximum absolute atomic E-state index is 13.9. The summed E-state index contributed by atoms with van der Waals surface area (Å²) in [4.78, 5) is 83.7. The first-order chi connectivity index (χ1) is 34.2. The van der Waals surface area contributed by atoms with Gasteiger partial charge in [-0.25, -0.2) is 9.78 Å². The van der Waals surface area contributed by atoms with E-state index >= 15 is 0 Å². The minimum absolute atomic E-state index is 0.00177. The van der Waals surface area contributed by atoms with Gasteiger partial charge in [-0.3, -0.25) is 24.0 Å². The largest absolute Gasteiger partial charge is 0.491 e. The van der Waals surface area contributed by atoms with Crippen LogP contribution in [0.1, 0.15) is 66.0 Å². The van der Waals surface area contributed by atoms with Crippen LogP contribution in [0, 0.1) is 18.3 Å². The Morgan fingerprint density at radius 2 is 1.24 bits per heavy atom. The summed E-state index contributed by atoms with van der Waals surface area (Å²) in [5, 5.41) is 22.9. The highest BCUT2D eigenvalue weighted by Gasteiger charge is 2.27.